The molecule has 1 aromatic carbocycles. The molecule has 2 aliphatic heterocycles. The Kier molecular flexibility index (Phi) is 6.10. The van der Waals surface area contributed by atoms with Crippen LogP contribution in [-0.2, 0) is 11.3 Å². The fourth-order valence-electron chi connectivity index (χ4n) is 3.36. The van der Waals surface area contributed by atoms with Crippen LogP contribution < -0.4 is 20.1 Å². The molecule has 8 nitrogen and oxygen atoms in total. The summed E-state index contributed by atoms with van der Waals surface area (Å²) < 4.78 is 10.8. The Labute approximate surface area is 166 Å². The van der Waals surface area contributed by atoms with Crippen molar-refractivity contribution in [3.63, 3.8) is 0 Å². The molecule has 1 aromatic rings. The minimum absolute atomic E-state index is 0.272. The monoisotopic (exact) mass is 390 g/mol. The standard InChI is InChI=1S/C20H30N4O4/c1-14(18(25)21-19(26)22-20(2,3)4)24-9-7-23(8-10-24)12-15-5-6-16-17(11-15)28-13-27-16/h5-6,11,14H,7-10,12-13H2,1-4H3,(H2,21,22,25,26)/t14-/m0/s1. The van der Waals surface area contributed by atoms with E-state index >= 15 is 0 Å². The lowest BCUT2D eigenvalue weighted by molar-refractivity contribution is -0.125. The van der Waals surface area contributed by atoms with Gasteiger partial charge in [-0.3, -0.25) is 19.9 Å². The van der Waals surface area contributed by atoms with E-state index in [-0.39, 0.29) is 24.3 Å². The van der Waals surface area contributed by atoms with Gasteiger partial charge in [0, 0.05) is 38.3 Å². The van der Waals surface area contributed by atoms with Gasteiger partial charge in [-0.25, -0.2) is 4.79 Å². The van der Waals surface area contributed by atoms with Crippen LogP contribution in [-0.4, -0.2) is 66.3 Å². The molecule has 0 radical (unpaired) electrons. The average Bonchev–Trinajstić information content (AvgIpc) is 3.08. The number of carbonyl (C=O) groups excluding carboxylic acids is 2. The second kappa shape index (κ2) is 8.36. The maximum absolute atomic E-state index is 12.4. The minimum atomic E-state index is -0.453. The number of piperazine rings is 1. The van der Waals surface area contributed by atoms with Crippen LogP contribution in [0.1, 0.15) is 33.3 Å². The molecule has 0 bridgehead atoms. The topological polar surface area (TPSA) is 83.1 Å². The molecule has 28 heavy (non-hydrogen) atoms. The summed E-state index contributed by atoms with van der Waals surface area (Å²) in [5, 5.41) is 5.18. The predicted molar refractivity (Wildman–Crippen MR) is 105 cm³/mol. The van der Waals surface area contributed by atoms with E-state index in [4.69, 9.17) is 9.47 Å². The van der Waals surface area contributed by atoms with Crippen molar-refractivity contribution in [1.29, 1.82) is 0 Å². The number of benzene rings is 1. The third-order valence-corrected chi connectivity index (χ3v) is 4.90. The Morgan fingerprint density at radius 1 is 1.11 bits per heavy atom. The van der Waals surface area contributed by atoms with E-state index in [1.54, 1.807) is 0 Å². The molecule has 2 aliphatic rings. The smallest absolute Gasteiger partial charge is 0.321 e. The van der Waals surface area contributed by atoms with Crippen LogP contribution in [0.2, 0.25) is 0 Å². The number of rotatable bonds is 4. The largest absolute Gasteiger partial charge is 0.454 e. The number of nitrogens with zero attached hydrogens (tertiary/aromatic N) is 2. The molecule has 2 heterocycles. The predicted octanol–water partition coefficient (Wildman–Crippen LogP) is 1.55. The van der Waals surface area contributed by atoms with E-state index in [2.05, 4.69) is 26.5 Å². The Balaban J connectivity index is 1.45. The highest BCUT2D eigenvalue weighted by molar-refractivity contribution is 5.97. The van der Waals surface area contributed by atoms with E-state index in [1.807, 2.05) is 39.8 Å². The first-order valence-electron chi connectivity index (χ1n) is 9.69. The van der Waals surface area contributed by atoms with Crippen molar-refractivity contribution in [3.05, 3.63) is 23.8 Å². The van der Waals surface area contributed by atoms with E-state index in [1.165, 1.54) is 5.56 Å². The molecular formula is C20H30N4O4. The second-order valence-electron chi connectivity index (χ2n) is 8.37. The molecule has 1 fully saturated rings. The van der Waals surface area contributed by atoms with Crippen LogP contribution in [0.25, 0.3) is 0 Å². The summed E-state index contributed by atoms with van der Waals surface area (Å²) in [7, 11) is 0. The fourth-order valence-corrected chi connectivity index (χ4v) is 3.36. The second-order valence-corrected chi connectivity index (χ2v) is 8.37. The molecule has 0 spiro atoms. The molecule has 154 valence electrons. The van der Waals surface area contributed by atoms with Crippen LogP contribution in [0.3, 0.4) is 0 Å². The highest BCUT2D eigenvalue weighted by atomic mass is 16.7. The zero-order chi connectivity index (χ0) is 20.3. The average molecular weight is 390 g/mol. The van der Waals surface area contributed by atoms with Gasteiger partial charge in [-0.05, 0) is 45.4 Å². The summed E-state index contributed by atoms with van der Waals surface area (Å²) in [6.07, 6.45) is 0. The summed E-state index contributed by atoms with van der Waals surface area (Å²) in [4.78, 5) is 28.7. The number of fused-ring (bicyclic) bond motifs is 1. The van der Waals surface area contributed by atoms with Gasteiger partial charge < -0.3 is 14.8 Å². The lowest BCUT2D eigenvalue weighted by Gasteiger charge is -2.37. The lowest BCUT2D eigenvalue weighted by atomic mass is 10.1. The first-order chi connectivity index (χ1) is 13.2. The Bertz CT molecular complexity index is 723. The Morgan fingerprint density at radius 3 is 2.46 bits per heavy atom. The molecule has 1 saturated heterocycles. The van der Waals surface area contributed by atoms with Gasteiger partial charge >= 0.3 is 6.03 Å². The fraction of sp³-hybridized carbons (Fsp3) is 0.600. The molecule has 0 aromatic heterocycles. The number of hydrogen-bond acceptors (Lipinski definition) is 6. The number of imide groups is 1. The van der Waals surface area contributed by atoms with Crippen molar-refractivity contribution in [2.45, 2.75) is 45.8 Å². The lowest BCUT2D eigenvalue weighted by Crippen LogP contribution is -2.56. The first-order valence-corrected chi connectivity index (χ1v) is 9.69. The van der Waals surface area contributed by atoms with Gasteiger partial charge in [0.2, 0.25) is 12.7 Å². The molecule has 3 rings (SSSR count). The molecular weight excluding hydrogens is 360 g/mol. The third kappa shape index (κ3) is 5.36. The highest BCUT2D eigenvalue weighted by Gasteiger charge is 2.27. The maximum Gasteiger partial charge on any atom is 0.321 e. The van der Waals surface area contributed by atoms with Gasteiger partial charge in [-0.2, -0.15) is 0 Å². The highest BCUT2D eigenvalue weighted by Crippen LogP contribution is 2.32. The van der Waals surface area contributed by atoms with Crippen LogP contribution in [0.15, 0.2) is 18.2 Å². The quantitative estimate of drug-likeness (QED) is 0.812. The van der Waals surface area contributed by atoms with Crippen LogP contribution >= 0.6 is 0 Å². The van der Waals surface area contributed by atoms with Crippen LogP contribution in [0.4, 0.5) is 4.79 Å². The number of urea groups is 1. The Hall–Kier alpha value is -2.32. The van der Waals surface area contributed by atoms with Gasteiger partial charge in [-0.1, -0.05) is 6.07 Å². The van der Waals surface area contributed by atoms with Crippen molar-refractivity contribution < 1.29 is 19.1 Å². The molecule has 1 atom stereocenters. The van der Waals surface area contributed by atoms with Crippen LogP contribution in [0, 0.1) is 0 Å². The summed E-state index contributed by atoms with van der Waals surface area (Å²) in [6, 6.07) is 5.23. The summed E-state index contributed by atoms with van der Waals surface area (Å²) >= 11 is 0. The van der Waals surface area contributed by atoms with Crippen LogP contribution in [0.5, 0.6) is 11.5 Å². The van der Waals surface area contributed by atoms with E-state index in [0.717, 1.165) is 44.2 Å². The summed E-state index contributed by atoms with van der Waals surface area (Å²) in [6.45, 7) is 11.9. The van der Waals surface area contributed by atoms with Gasteiger partial charge in [0.25, 0.3) is 0 Å². The van der Waals surface area contributed by atoms with Gasteiger partial charge in [0.1, 0.15) is 0 Å². The SMILES string of the molecule is C[C@@H](C(=O)NC(=O)NC(C)(C)C)N1CCN(Cc2ccc3c(c2)OCO3)CC1. The summed E-state index contributed by atoms with van der Waals surface area (Å²) in [5.74, 6) is 1.32. The number of amides is 3. The van der Waals surface area contributed by atoms with Gasteiger partial charge in [0.15, 0.2) is 11.5 Å². The van der Waals surface area contributed by atoms with Gasteiger partial charge in [-0.15, -0.1) is 0 Å². The van der Waals surface area contributed by atoms with E-state index in [0.29, 0.717) is 0 Å². The molecule has 0 saturated carbocycles. The van der Waals surface area contributed by atoms with E-state index < -0.39 is 6.03 Å². The number of nitrogens with one attached hydrogen (secondary N) is 2. The maximum atomic E-state index is 12.4. The molecule has 0 unspecified atom stereocenters. The van der Waals surface area contributed by atoms with E-state index in [9.17, 15) is 9.59 Å². The molecule has 0 aliphatic carbocycles. The zero-order valence-electron chi connectivity index (χ0n) is 17.1. The molecule has 8 heteroatoms. The summed E-state index contributed by atoms with van der Waals surface area (Å²) in [5.41, 5.74) is 0.802. The van der Waals surface area contributed by atoms with Crippen molar-refractivity contribution in [1.82, 2.24) is 20.4 Å². The van der Waals surface area contributed by atoms with Crippen molar-refractivity contribution in [2.75, 3.05) is 33.0 Å². The third-order valence-electron chi connectivity index (χ3n) is 4.90. The van der Waals surface area contributed by atoms with Crippen molar-refractivity contribution in [2.24, 2.45) is 0 Å². The minimum Gasteiger partial charge on any atom is -0.454 e. The molecule has 2 N–H and O–H groups in total. The number of carbonyl (C=O) groups is 2. The van der Waals surface area contributed by atoms with Crippen molar-refractivity contribution in [3.8, 4) is 11.5 Å². The zero-order valence-corrected chi connectivity index (χ0v) is 17.1. The normalized spacial score (nSPS) is 18.6. The first kappa shape index (κ1) is 20.4. The molecule has 3 amide bonds. The number of hydrogen-bond donors (Lipinski definition) is 2. The number of ether oxygens (including phenoxy) is 2. The Morgan fingerprint density at radius 2 is 1.79 bits per heavy atom. The van der Waals surface area contributed by atoms with Crippen molar-refractivity contribution >= 4 is 11.9 Å². The van der Waals surface area contributed by atoms with Gasteiger partial charge in [0.05, 0.1) is 6.04 Å².